The highest BCUT2D eigenvalue weighted by Gasteiger charge is 2.16. The van der Waals surface area contributed by atoms with Crippen LogP contribution in [0.5, 0.6) is 0 Å². The number of rotatable bonds is 1. The Morgan fingerprint density at radius 2 is 1.94 bits per heavy atom. The topological polar surface area (TPSA) is 12.9 Å². The molecule has 0 fully saturated rings. The molecule has 1 nitrogen and oxygen atoms in total. The van der Waals surface area contributed by atoms with Gasteiger partial charge in [0.15, 0.2) is 0 Å². The lowest BCUT2D eigenvalue weighted by atomic mass is 10.1. The van der Waals surface area contributed by atoms with Crippen LogP contribution in [-0.4, -0.2) is 4.98 Å². The van der Waals surface area contributed by atoms with Crippen molar-refractivity contribution in [3.63, 3.8) is 0 Å². The van der Waals surface area contributed by atoms with E-state index in [0.29, 0.717) is 10.0 Å². The second kappa shape index (κ2) is 4.32. The van der Waals surface area contributed by atoms with Crippen LogP contribution in [0.1, 0.15) is 17.7 Å². The molecule has 0 atom stereocenters. The second-order valence-electron chi connectivity index (χ2n) is 4.29. The molecule has 0 N–H and O–H groups in total. The molecular weight excluding hydrogens is 253 g/mol. The fourth-order valence-electron chi connectivity index (χ4n) is 2.28. The minimum absolute atomic E-state index is 0.709. The largest absolute Gasteiger partial charge is 0.251 e. The fraction of sp³-hybridized carbons (Fsp3) is 0.214. The van der Waals surface area contributed by atoms with Gasteiger partial charge in [0.1, 0.15) is 0 Å². The third-order valence-electron chi connectivity index (χ3n) is 3.10. The molecule has 1 aliphatic carbocycles. The number of aryl methyl sites for hydroxylation is 2. The van der Waals surface area contributed by atoms with Crippen molar-refractivity contribution in [2.75, 3.05) is 0 Å². The lowest BCUT2D eigenvalue weighted by Gasteiger charge is -2.07. The SMILES string of the molecule is Clc1cccc(-c2nc3c(cc2Cl)CCC3)c1. The van der Waals surface area contributed by atoms with Gasteiger partial charge in [-0.1, -0.05) is 35.3 Å². The van der Waals surface area contributed by atoms with Crippen LogP contribution in [0, 0.1) is 0 Å². The molecule has 0 bridgehead atoms. The zero-order chi connectivity index (χ0) is 11.8. The van der Waals surface area contributed by atoms with E-state index in [1.165, 1.54) is 17.7 Å². The van der Waals surface area contributed by atoms with Crippen LogP contribution in [0.2, 0.25) is 10.0 Å². The van der Waals surface area contributed by atoms with E-state index >= 15 is 0 Å². The Morgan fingerprint density at radius 3 is 2.76 bits per heavy atom. The summed E-state index contributed by atoms with van der Waals surface area (Å²) in [7, 11) is 0. The van der Waals surface area contributed by atoms with Crippen LogP contribution in [0.25, 0.3) is 11.3 Å². The smallest absolute Gasteiger partial charge is 0.0892 e. The van der Waals surface area contributed by atoms with Crippen molar-refractivity contribution in [2.24, 2.45) is 0 Å². The molecule has 86 valence electrons. The molecule has 0 radical (unpaired) electrons. The number of benzene rings is 1. The van der Waals surface area contributed by atoms with Crippen LogP contribution >= 0.6 is 23.2 Å². The molecule has 0 saturated heterocycles. The Hall–Kier alpha value is -1.05. The first kappa shape index (κ1) is 11.1. The van der Waals surface area contributed by atoms with Gasteiger partial charge in [0.25, 0.3) is 0 Å². The molecule has 3 rings (SSSR count). The lowest BCUT2D eigenvalue weighted by Crippen LogP contribution is -1.93. The highest BCUT2D eigenvalue weighted by atomic mass is 35.5. The molecule has 0 unspecified atom stereocenters. The lowest BCUT2D eigenvalue weighted by molar-refractivity contribution is 0.900. The first-order chi connectivity index (χ1) is 8.24. The monoisotopic (exact) mass is 263 g/mol. The number of hydrogen-bond donors (Lipinski definition) is 0. The Labute approximate surface area is 110 Å². The molecule has 1 aromatic carbocycles. The van der Waals surface area contributed by atoms with Crippen LogP contribution in [-0.2, 0) is 12.8 Å². The predicted molar refractivity (Wildman–Crippen MR) is 71.7 cm³/mol. The normalized spacial score (nSPS) is 13.8. The van der Waals surface area contributed by atoms with Crippen molar-refractivity contribution in [3.8, 4) is 11.3 Å². The van der Waals surface area contributed by atoms with E-state index in [1.54, 1.807) is 0 Å². The van der Waals surface area contributed by atoms with Gasteiger partial charge in [-0.25, -0.2) is 0 Å². The van der Waals surface area contributed by atoms with Crippen molar-refractivity contribution in [1.82, 2.24) is 4.98 Å². The minimum atomic E-state index is 0.709. The molecule has 3 heteroatoms. The van der Waals surface area contributed by atoms with Crippen molar-refractivity contribution < 1.29 is 0 Å². The molecule has 0 aliphatic heterocycles. The summed E-state index contributed by atoms with van der Waals surface area (Å²) < 4.78 is 0. The van der Waals surface area contributed by atoms with Gasteiger partial charge in [0.05, 0.1) is 10.7 Å². The van der Waals surface area contributed by atoms with Crippen LogP contribution in [0.4, 0.5) is 0 Å². The first-order valence-electron chi connectivity index (χ1n) is 5.68. The van der Waals surface area contributed by atoms with Crippen molar-refractivity contribution >= 4 is 23.2 Å². The Kier molecular flexibility index (Phi) is 2.81. The number of fused-ring (bicyclic) bond motifs is 1. The van der Waals surface area contributed by atoms with E-state index in [-0.39, 0.29) is 0 Å². The maximum atomic E-state index is 6.29. The van der Waals surface area contributed by atoms with Crippen molar-refractivity contribution in [3.05, 3.63) is 51.6 Å². The Bertz CT molecular complexity index is 578. The van der Waals surface area contributed by atoms with Gasteiger partial charge in [-0.2, -0.15) is 0 Å². The summed E-state index contributed by atoms with van der Waals surface area (Å²) >= 11 is 12.3. The third kappa shape index (κ3) is 2.05. The van der Waals surface area contributed by atoms with E-state index in [2.05, 4.69) is 4.98 Å². The number of hydrogen-bond acceptors (Lipinski definition) is 1. The molecule has 1 aliphatic rings. The van der Waals surface area contributed by atoms with Gasteiger partial charge in [-0.3, -0.25) is 4.98 Å². The van der Waals surface area contributed by atoms with E-state index in [0.717, 1.165) is 24.1 Å². The number of pyridine rings is 1. The van der Waals surface area contributed by atoms with Crippen LogP contribution in [0.3, 0.4) is 0 Å². The summed E-state index contributed by atoms with van der Waals surface area (Å²) in [5.41, 5.74) is 4.30. The van der Waals surface area contributed by atoms with E-state index in [1.807, 2.05) is 30.3 Å². The molecular formula is C14H11Cl2N. The first-order valence-corrected chi connectivity index (χ1v) is 6.44. The molecule has 1 heterocycles. The van der Waals surface area contributed by atoms with Crippen LogP contribution < -0.4 is 0 Å². The third-order valence-corrected chi connectivity index (χ3v) is 3.63. The summed E-state index contributed by atoms with van der Waals surface area (Å²) in [6.45, 7) is 0. The van der Waals surface area contributed by atoms with E-state index in [4.69, 9.17) is 23.2 Å². The van der Waals surface area contributed by atoms with Gasteiger partial charge >= 0.3 is 0 Å². The van der Waals surface area contributed by atoms with Crippen molar-refractivity contribution in [2.45, 2.75) is 19.3 Å². The van der Waals surface area contributed by atoms with Gasteiger partial charge in [0, 0.05) is 16.3 Å². The summed E-state index contributed by atoms with van der Waals surface area (Å²) in [6, 6.07) is 9.71. The van der Waals surface area contributed by atoms with Gasteiger partial charge in [-0.05, 0) is 43.0 Å². The second-order valence-corrected chi connectivity index (χ2v) is 5.13. The maximum Gasteiger partial charge on any atom is 0.0892 e. The van der Waals surface area contributed by atoms with Crippen molar-refractivity contribution in [1.29, 1.82) is 0 Å². The average Bonchev–Trinajstić information content (AvgIpc) is 2.75. The summed E-state index contributed by atoms with van der Waals surface area (Å²) in [4.78, 5) is 4.67. The highest BCUT2D eigenvalue weighted by Crippen LogP contribution is 2.32. The molecule has 2 aromatic rings. The summed E-state index contributed by atoms with van der Waals surface area (Å²) in [5, 5.41) is 1.42. The minimum Gasteiger partial charge on any atom is -0.251 e. The van der Waals surface area contributed by atoms with E-state index in [9.17, 15) is 0 Å². The predicted octanol–water partition coefficient (Wildman–Crippen LogP) is 4.54. The quantitative estimate of drug-likeness (QED) is 0.736. The molecule has 1 aromatic heterocycles. The zero-order valence-corrected chi connectivity index (χ0v) is 10.7. The van der Waals surface area contributed by atoms with Crippen LogP contribution in [0.15, 0.2) is 30.3 Å². The standard InChI is InChI=1S/C14H11Cl2N/c15-11-5-1-4-10(7-11)14-12(16)8-9-3-2-6-13(9)17-14/h1,4-5,7-8H,2-3,6H2. The Morgan fingerprint density at radius 1 is 1.06 bits per heavy atom. The number of aromatic nitrogens is 1. The highest BCUT2D eigenvalue weighted by molar-refractivity contribution is 6.33. The molecule has 0 saturated carbocycles. The molecule has 0 spiro atoms. The van der Waals surface area contributed by atoms with E-state index < -0.39 is 0 Å². The number of nitrogens with zero attached hydrogens (tertiary/aromatic N) is 1. The Balaban J connectivity index is 2.15. The summed E-state index contributed by atoms with van der Waals surface area (Å²) in [5.74, 6) is 0. The van der Waals surface area contributed by atoms with Gasteiger partial charge in [0.2, 0.25) is 0 Å². The average molecular weight is 264 g/mol. The fourth-order valence-corrected chi connectivity index (χ4v) is 2.76. The molecule has 17 heavy (non-hydrogen) atoms. The number of halogens is 2. The van der Waals surface area contributed by atoms with Gasteiger partial charge in [-0.15, -0.1) is 0 Å². The summed E-state index contributed by atoms with van der Waals surface area (Å²) in [6.07, 6.45) is 3.33. The van der Waals surface area contributed by atoms with Gasteiger partial charge < -0.3 is 0 Å². The maximum absolute atomic E-state index is 6.29. The zero-order valence-electron chi connectivity index (χ0n) is 9.21. The molecule has 0 amide bonds.